The molecule has 50 heavy (non-hydrogen) atoms. The molecular weight excluding hydrogens is 605 g/mol. The van der Waals surface area contributed by atoms with Gasteiger partial charge in [-0.05, 0) is 73.8 Å². The van der Waals surface area contributed by atoms with E-state index in [9.17, 15) is 0 Å². The Morgan fingerprint density at radius 3 is 1.70 bits per heavy atom. The molecule has 0 unspecified atom stereocenters. The second-order valence-corrected chi connectivity index (χ2v) is 14.1. The Morgan fingerprint density at radius 1 is 0.380 bits per heavy atom. The maximum Gasteiger partial charge on any atom is 0.160 e. The average Bonchev–Trinajstić information content (AvgIpc) is 3.48. The van der Waals surface area contributed by atoms with Gasteiger partial charge in [-0.25, -0.2) is 9.97 Å². The van der Waals surface area contributed by atoms with Crippen LogP contribution in [0.2, 0.25) is 0 Å². The predicted molar refractivity (Wildman–Crippen MR) is 205 cm³/mol. The Morgan fingerprint density at radius 2 is 0.940 bits per heavy atom. The molecule has 1 spiro atoms. The van der Waals surface area contributed by atoms with Crippen LogP contribution in [0.15, 0.2) is 170 Å². The molecule has 2 aliphatic carbocycles. The van der Waals surface area contributed by atoms with Crippen LogP contribution >= 0.6 is 0 Å². The van der Waals surface area contributed by atoms with E-state index in [-0.39, 0.29) is 5.41 Å². The highest BCUT2D eigenvalue weighted by Crippen LogP contribution is 2.62. The monoisotopic (exact) mass is 638 g/mol. The topological polar surface area (TPSA) is 25.8 Å². The predicted octanol–water partition coefficient (Wildman–Crippen LogP) is 11.6. The molecule has 2 heteroatoms. The molecule has 10 rings (SSSR count). The molecule has 7 aromatic carbocycles. The van der Waals surface area contributed by atoms with E-state index in [1.165, 1.54) is 55.6 Å². The van der Waals surface area contributed by atoms with Crippen molar-refractivity contribution in [2.75, 3.05) is 0 Å². The molecule has 8 aromatic rings. The summed E-state index contributed by atoms with van der Waals surface area (Å²) < 4.78 is 0. The fraction of sp³-hybridized carbons (Fsp3) is 0.0833. The number of hydrogen-bond donors (Lipinski definition) is 0. The van der Waals surface area contributed by atoms with Gasteiger partial charge >= 0.3 is 0 Å². The highest BCUT2D eigenvalue weighted by molar-refractivity contribution is 5.95. The van der Waals surface area contributed by atoms with Crippen LogP contribution in [0.3, 0.4) is 0 Å². The minimum absolute atomic E-state index is 0.169. The molecule has 236 valence electrons. The minimum atomic E-state index is -0.421. The van der Waals surface area contributed by atoms with E-state index in [0.717, 1.165) is 33.5 Å². The Kier molecular flexibility index (Phi) is 6.17. The molecule has 0 saturated carbocycles. The lowest BCUT2D eigenvalue weighted by atomic mass is 9.55. The maximum absolute atomic E-state index is 5.19. The van der Waals surface area contributed by atoms with Gasteiger partial charge in [-0.2, -0.15) is 0 Å². The fourth-order valence-corrected chi connectivity index (χ4v) is 8.90. The molecule has 0 fully saturated rings. The third-order valence-corrected chi connectivity index (χ3v) is 11.2. The first-order chi connectivity index (χ1) is 24.5. The van der Waals surface area contributed by atoms with E-state index in [4.69, 9.17) is 9.97 Å². The van der Waals surface area contributed by atoms with Crippen LogP contribution in [0.1, 0.15) is 47.2 Å². The first kappa shape index (κ1) is 28.9. The van der Waals surface area contributed by atoms with Crippen LogP contribution in [-0.4, -0.2) is 9.97 Å². The second-order valence-electron chi connectivity index (χ2n) is 14.1. The standard InChI is InChI=1S/C48H34N2/c1-47(2)40-24-11-12-25-42(40)48(38-22-9-6-19-35(38)36-20-7-10-23-39(36)48)43-30-33(27-28-41(43)47)32-17-14-18-34(29-32)45-37-21-8-13-26-44(37)49-46(50-45)31-15-4-3-5-16-31/h3-30H,1-2H3. The van der Waals surface area contributed by atoms with Crippen LogP contribution in [0.5, 0.6) is 0 Å². The van der Waals surface area contributed by atoms with Crippen molar-refractivity contribution in [3.05, 3.63) is 203 Å². The third-order valence-electron chi connectivity index (χ3n) is 11.2. The summed E-state index contributed by atoms with van der Waals surface area (Å²) in [6.07, 6.45) is 0. The maximum atomic E-state index is 5.19. The zero-order chi connectivity index (χ0) is 33.5. The van der Waals surface area contributed by atoms with E-state index in [1.807, 2.05) is 24.3 Å². The average molecular weight is 639 g/mol. The number of aromatic nitrogens is 2. The molecule has 0 radical (unpaired) electrons. The highest BCUT2D eigenvalue weighted by atomic mass is 14.9. The molecule has 1 heterocycles. The number of para-hydroxylation sites is 1. The molecule has 0 bridgehead atoms. The van der Waals surface area contributed by atoms with Gasteiger partial charge in [-0.1, -0.05) is 166 Å². The van der Waals surface area contributed by atoms with Crippen molar-refractivity contribution in [1.82, 2.24) is 9.97 Å². The van der Waals surface area contributed by atoms with Gasteiger partial charge in [0.25, 0.3) is 0 Å². The van der Waals surface area contributed by atoms with E-state index in [2.05, 4.69) is 159 Å². The van der Waals surface area contributed by atoms with Crippen molar-refractivity contribution in [3.63, 3.8) is 0 Å². The lowest BCUT2D eigenvalue weighted by Crippen LogP contribution is -2.40. The van der Waals surface area contributed by atoms with Gasteiger partial charge < -0.3 is 0 Å². The highest BCUT2D eigenvalue weighted by Gasteiger charge is 2.53. The molecule has 0 saturated heterocycles. The van der Waals surface area contributed by atoms with Crippen molar-refractivity contribution in [3.8, 4) is 44.9 Å². The summed E-state index contributed by atoms with van der Waals surface area (Å²) in [7, 11) is 0. The van der Waals surface area contributed by atoms with Crippen molar-refractivity contribution >= 4 is 10.9 Å². The SMILES string of the molecule is CC1(C)c2ccccc2C2(c3ccccc3-c3ccccc32)c2cc(-c3cccc(-c4nc(-c5ccccc5)nc5ccccc45)c3)ccc21. The van der Waals surface area contributed by atoms with Gasteiger partial charge in [0.1, 0.15) is 0 Å². The zero-order valence-electron chi connectivity index (χ0n) is 28.1. The van der Waals surface area contributed by atoms with E-state index in [0.29, 0.717) is 0 Å². The van der Waals surface area contributed by atoms with Crippen molar-refractivity contribution < 1.29 is 0 Å². The second kappa shape index (κ2) is 10.7. The normalized spacial score (nSPS) is 14.5. The third kappa shape index (κ3) is 3.96. The van der Waals surface area contributed by atoms with Crippen molar-refractivity contribution in [1.29, 1.82) is 0 Å². The molecule has 0 atom stereocenters. The quantitative estimate of drug-likeness (QED) is 0.192. The summed E-state index contributed by atoms with van der Waals surface area (Å²) >= 11 is 0. The van der Waals surface area contributed by atoms with E-state index < -0.39 is 5.41 Å². The van der Waals surface area contributed by atoms with Gasteiger partial charge in [-0.3, -0.25) is 0 Å². The summed E-state index contributed by atoms with van der Waals surface area (Å²) in [4.78, 5) is 10.1. The summed E-state index contributed by atoms with van der Waals surface area (Å²) in [5.41, 5.74) is 16.6. The number of hydrogen-bond acceptors (Lipinski definition) is 2. The van der Waals surface area contributed by atoms with Gasteiger partial charge in [0.05, 0.1) is 16.6 Å². The molecule has 2 nitrogen and oxygen atoms in total. The van der Waals surface area contributed by atoms with Crippen LogP contribution in [-0.2, 0) is 10.8 Å². The Bertz CT molecular complexity index is 2590. The summed E-state index contributed by atoms with van der Waals surface area (Å²) in [5, 5.41) is 1.05. The van der Waals surface area contributed by atoms with Gasteiger partial charge in [0.2, 0.25) is 0 Å². The van der Waals surface area contributed by atoms with Crippen molar-refractivity contribution in [2.24, 2.45) is 0 Å². The summed E-state index contributed by atoms with van der Waals surface area (Å²) in [6.45, 7) is 4.77. The van der Waals surface area contributed by atoms with E-state index >= 15 is 0 Å². The zero-order valence-corrected chi connectivity index (χ0v) is 28.1. The lowest BCUT2D eigenvalue weighted by Gasteiger charge is -2.46. The molecular formula is C48H34N2. The molecule has 0 N–H and O–H groups in total. The van der Waals surface area contributed by atoms with Crippen LogP contribution in [0.25, 0.3) is 55.8 Å². The first-order valence-electron chi connectivity index (χ1n) is 17.4. The Hall–Kier alpha value is -6.12. The van der Waals surface area contributed by atoms with Gasteiger partial charge in [-0.15, -0.1) is 0 Å². The van der Waals surface area contributed by atoms with E-state index in [1.54, 1.807) is 0 Å². The summed E-state index contributed by atoms with van der Waals surface area (Å²) in [6, 6.07) is 61.9. The molecule has 0 aliphatic heterocycles. The Labute approximate surface area is 292 Å². The van der Waals surface area contributed by atoms with Crippen LogP contribution in [0.4, 0.5) is 0 Å². The molecule has 2 aliphatic rings. The number of fused-ring (bicyclic) bond motifs is 10. The minimum Gasteiger partial charge on any atom is -0.228 e. The van der Waals surface area contributed by atoms with Gasteiger partial charge in [0, 0.05) is 21.9 Å². The number of benzene rings is 7. The number of nitrogens with zero attached hydrogens (tertiary/aromatic N) is 2. The molecule has 1 aromatic heterocycles. The first-order valence-corrected chi connectivity index (χ1v) is 17.4. The largest absolute Gasteiger partial charge is 0.228 e. The fourth-order valence-electron chi connectivity index (χ4n) is 8.90. The van der Waals surface area contributed by atoms with Gasteiger partial charge in [0.15, 0.2) is 5.82 Å². The molecule has 0 amide bonds. The number of rotatable bonds is 3. The summed E-state index contributed by atoms with van der Waals surface area (Å²) in [5.74, 6) is 0.736. The lowest BCUT2D eigenvalue weighted by molar-refractivity contribution is 0.563. The van der Waals surface area contributed by atoms with Crippen LogP contribution in [0, 0.1) is 0 Å². The Balaban J connectivity index is 1.21. The van der Waals surface area contributed by atoms with Crippen molar-refractivity contribution in [2.45, 2.75) is 24.7 Å². The smallest absolute Gasteiger partial charge is 0.160 e. The van der Waals surface area contributed by atoms with Crippen LogP contribution < -0.4 is 0 Å².